The molecule has 3 heteroatoms. The average molecular weight is 245 g/mol. The zero-order valence-corrected chi connectivity index (χ0v) is 11.0. The van der Waals surface area contributed by atoms with Gasteiger partial charge in [-0.3, -0.25) is 4.79 Å². The molecule has 1 radical (unpaired) electrons. The molecule has 0 saturated carbocycles. The minimum absolute atomic E-state index is 0.162. The number of benzene rings is 1. The van der Waals surface area contributed by atoms with E-state index in [-0.39, 0.29) is 5.92 Å². The number of hydrogen-bond donors (Lipinski definition) is 1. The van der Waals surface area contributed by atoms with Crippen LogP contribution in [0.5, 0.6) is 0 Å². The molecule has 18 heavy (non-hydrogen) atoms. The molecular formula is C15H21N2O. The van der Waals surface area contributed by atoms with Crippen molar-refractivity contribution in [2.45, 2.75) is 26.2 Å². The first-order chi connectivity index (χ1) is 8.69. The fourth-order valence-electron chi connectivity index (χ4n) is 2.51. The first-order valence-corrected chi connectivity index (χ1v) is 6.64. The maximum Gasteiger partial charge on any atom is 0.201 e. The third-order valence-corrected chi connectivity index (χ3v) is 3.82. The van der Waals surface area contributed by atoms with Gasteiger partial charge in [-0.05, 0) is 62.5 Å². The maximum absolute atomic E-state index is 10.6. The van der Waals surface area contributed by atoms with Crippen LogP contribution in [-0.2, 0) is 11.2 Å². The second-order valence-corrected chi connectivity index (χ2v) is 5.17. The minimum atomic E-state index is 0.162. The summed E-state index contributed by atoms with van der Waals surface area (Å²) in [6.45, 7) is 5.21. The Morgan fingerprint density at radius 1 is 1.39 bits per heavy atom. The summed E-state index contributed by atoms with van der Waals surface area (Å²) in [5.74, 6) is 0.162. The smallest absolute Gasteiger partial charge is 0.201 e. The molecule has 1 fully saturated rings. The summed E-state index contributed by atoms with van der Waals surface area (Å²) < 4.78 is 0. The van der Waals surface area contributed by atoms with E-state index in [1.54, 1.807) is 0 Å². The van der Waals surface area contributed by atoms with Gasteiger partial charge >= 0.3 is 0 Å². The van der Waals surface area contributed by atoms with Crippen molar-refractivity contribution in [3.05, 3.63) is 29.3 Å². The molecule has 1 aromatic carbocycles. The normalized spacial score (nSPS) is 17.8. The zero-order valence-electron chi connectivity index (χ0n) is 11.0. The molecule has 2 rings (SSSR count). The van der Waals surface area contributed by atoms with E-state index in [0.29, 0.717) is 0 Å². The van der Waals surface area contributed by atoms with Crippen LogP contribution in [0.15, 0.2) is 18.2 Å². The standard InChI is InChI=1S/C15H21N2O/c1-12-2-3-15(16)10-14(12)6-9-17-7-4-13(11-18)5-8-17/h2-3,10,13H,4-9,16H2,1H3. The van der Waals surface area contributed by atoms with Crippen molar-refractivity contribution in [1.82, 2.24) is 4.90 Å². The first-order valence-electron chi connectivity index (χ1n) is 6.64. The highest BCUT2D eigenvalue weighted by Crippen LogP contribution is 2.17. The van der Waals surface area contributed by atoms with Crippen LogP contribution in [0, 0.1) is 12.8 Å². The Bertz CT molecular complexity index is 409. The van der Waals surface area contributed by atoms with Crippen LogP contribution in [0.3, 0.4) is 0 Å². The summed E-state index contributed by atoms with van der Waals surface area (Å²) in [5.41, 5.74) is 9.29. The van der Waals surface area contributed by atoms with E-state index in [9.17, 15) is 4.79 Å². The third-order valence-electron chi connectivity index (χ3n) is 3.82. The third kappa shape index (κ3) is 3.33. The molecule has 1 saturated heterocycles. The van der Waals surface area contributed by atoms with E-state index in [4.69, 9.17) is 5.73 Å². The van der Waals surface area contributed by atoms with Crippen LogP contribution < -0.4 is 5.73 Å². The Balaban J connectivity index is 1.85. The number of likely N-dealkylation sites (tertiary alicyclic amines) is 1. The Morgan fingerprint density at radius 2 is 2.11 bits per heavy atom. The highest BCUT2D eigenvalue weighted by molar-refractivity contribution is 5.54. The monoisotopic (exact) mass is 245 g/mol. The fourth-order valence-corrected chi connectivity index (χ4v) is 2.51. The van der Waals surface area contributed by atoms with E-state index >= 15 is 0 Å². The van der Waals surface area contributed by atoms with Crippen molar-refractivity contribution in [3.8, 4) is 0 Å². The molecule has 1 aliphatic heterocycles. The molecule has 3 nitrogen and oxygen atoms in total. The molecular weight excluding hydrogens is 224 g/mol. The molecule has 1 aliphatic rings. The van der Waals surface area contributed by atoms with Gasteiger partial charge in [0.1, 0.15) is 0 Å². The lowest BCUT2D eigenvalue weighted by Crippen LogP contribution is -2.35. The SMILES string of the molecule is Cc1ccc(N)cc1CCN1CCC([C]=O)CC1. The predicted octanol–water partition coefficient (Wildman–Crippen LogP) is 1.94. The molecule has 0 unspecified atom stereocenters. The lowest BCUT2D eigenvalue weighted by atomic mass is 9.98. The van der Waals surface area contributed by atoms with Gasteiger partial charge in [-0.1, -0.05) is 6.07 Å². The zero-order chi connectivity index (χ0) is 13.0. The summed E-state index contributed by atoms with van der Waals surface area (Å²) in [5, 5.41) is 0. The van der Waals surface area contributed by atoms with Gasteiger partial charge in [0.05, 0.1) is 0 Å². The van der Waals surface area contributed by atoms with Gasteiger partial charge in [0.25, 0.3) is 0 Å². The van der Waals surface area contributed by atoms with Crippen LogP contribution in [0.4, 0.5) is 5.69 Å². The van der Waals surface area contributed by atoms with Gasteiger partial charge in [-0.25, -0.2) is 0 Å². The topological polar surface area (TPSA) is 46.3 Å². The van der Waals surface area contributed by atoms with Crippen LogP contribution >= 0.6 is 0 Å². The molecule has 0 spiro atoms. The van der Waals surface area contributed by atoms with Crippen LogP contribution in [-0.4, -0.2) is 30.8 Å². The van der Waals surface area contributed by atoms with E-state index < -0.39 is 0 Å². The summed E-state index contributed by atoms with van der Waals surface area (Å²) >= 11 is 0. The number of anilines is 1. The lowest BCUT2D eigenvalue weighted by Gasteiger charge is -2.29. The van der Waals surface area contributed by atoms with Gasteiger partial charge in [0, 0.05) is 18.2 Å². The largest absolute Gasteiger partial charge is 0.399 e. The molecule has 2 N–H and O–H groups in total. The average Bonchev–Trinajstić information content (AvgIpc) is 2.40. The second kappa shape index (κ2) is 6.01. The van der Waals surface area contributed by atoms with E-state index in [1.807, 2.05) is 6.07 Å². The summed E-state index contributed by atoms with van der Waals surface area (Å²) in [6, 6.07) is 6.10. The minimum Gasteiger partial charge on any atom is -0.399 e. The Kier molecular flexibility index (Phi) is 4.37. The number of hydrogen-bond acceptors (Lipinski definition) is 3. The number of piperidine rings is 1. The number of nitrogen functional groups attached to an aromatic ring is 1. The van der Waals surface area contributed by atoms with E-state index in [1.165, 1.54) is 11.1 Å². The number of rotatable bonds is 4. The Hall–Kier alpha value is -1.35. The maximum atomic E-state index is 10.6. The van der Waals surface area contributed by atoms with E-state index in [0.717, 1.165) is 44.6 Å². The van der Waals surface area contributed by atoms with Gasteiger partial charge in [-0.15, -0.1) is 0 Å². The molecule has 0 amide bonds. The van der Waals surface area contributed by atoms with Gasteiger partial charge < -0.3 is 10.6 Å². The Labute approximate surface area is 109 Å². The van der Waals surface area contributed by atoms with Crippen LogP contribution in [0.1, 0.15) is 24.0 Å². The fraction of sp³-hybridized carbons (Fsp3) is 0.533. The van der Waals surface area contributed by atoms with Gasteiger partial charge in [-0.2, -0.15) is 0 Å². The highest BCUT2D eigenvalue weighted by Gasteiger charge is 2.18. The van der Waals surface area contributed by atoms with Crippen molar-refractivity contribution in [2.75, 3.05) is 25.4 Å². The number of nitrogens with two attached hydrogens (primary N) is 1. The quantitative estimate of drug-likeness (QED) is 0.825. The number of aryl methyl sites for hydroxylation is 1. The number of carbonyl (C=O) groups excluding carboxylic acids is 1. The van der Waals surface area contributed by atoms with Gasteiger partial charge in [0.15, 0.2) is 0 Å². The number of nitrogens with zero attached hydrogens (tertiary/aromatic N) is 1. The molecule has 0 aliphatic carbocycles. The Morgan fingerprint density at radius 3 is 2.78 bits per heavy atom. The van der Waals surface area contributed by atoms with Gasteiger partial charge in [0.2, 0.25) is 6.29 Å². The van der Waals surface area contributed by atoms with Crippen LogP contribution in [0.2, 0.25) is 0 Å². The molecule has 0 aromatic heterocycles. The summed E-state index contributed by atoms with van der Waals surface area (Å²) in [4.78, 5) is 13.0. The molecule has 97 valence electrons. The van der Waals surface area contributed by atoms with E-state index in [2.05, 4.69) is 30.2 Å². The first kappa shape index (κ1) is 13.1. The second-order valence-electron chi connectivity index (χ2n) is 5.17. The van der Waals surface area contributed by atoms with Crippen molar-refractivity contribution in [2.24, 2.45) is 5.92 Å². The molecule has 1 heterocycles. The predicted molar refractivity (Wildman–Crippen MR) is 74.2 cm³/mol. The van der Waals surface area contributed by atoms with Crippen molar-refractivity contribution >= 4 is 12.0 Å². The highest BCUT2D eigenvalue weighted by atomic mass is 16.1. The van der Waals surface area contributed by atoms with Crippen molar-refractivity contribution < 1.29 is 4.79 Å². The van der Waals surface area contributed by atoms with Crippen molar-refractivity contribution in [3.63, 3.8) is 0 Å². The molecule has 0 atom stereocenters. The summed E-state index contributed by atoms with van der Waals surface area (Å²) in [7, 11) is 0. The molecule has 1 aromatic rings. The molecule has 0 bridgehead atoms. The lowest BCUT2D eigenvalue weighted by molar-refractivity contribution is 0.209. The summed E-state index contributed by atoms with van der Waals surface area (Å²) in [6.07, 6.45) is 5.07. The van der Waals surface area contributed by atoms with Crippen LogP contribution in [0.25, 0.3) is 0 Å². The van der Waals surface area contributed by atoms with Crippen molar-refractivity contribution in [1.29, 1.82) is 0 Å².